The van der Waals surface area contributed by atoms with E-state index in [-0.39, 0.29) is 17.9 Å². The van der Waals surface area contributed by atoms with Gasteiger partial charge in [0.25, 0.3) is 0 Å². The zero-order chi connectivity index (χ0) is 16.9. The predicted molar refractivity (Wildman–Crippen MR) is 86.6 cm³/mol. The highest BCUT2D eigenvalue weighted by molar-refractivity contribution is 5.79. The number of aromatic nitrogens is 1. The van der Waals surface area contributed by atoms with Crippen molar-refractivity contribution in [2.24, 2.45) is 5.92 Å². The second kappa shape index (κ2) is 7.44. The molecular weight excluding hydrogens is 294 g/mol. The number of nitrogens with zero attached hydrogens (tertiary/aromatic N) is 2. The molecule has 1 N–H and O–H groups in total. The number of carbonyl (C=O) groups excluding carboxylic acids is 2. The average molecular weight is 319 g/mol. The first kappa shape index (κ1) is 17.2. The first-order chi connectivity index (χ1) is 10.8. The van der Waals surface area contributed by atoms with Gasteiger partial charge in [-0.15, -0.1) is 0 Å². The number of carbonyl (C=O) groups is 2. The van der Waals surface area contributed by atoms with E-state index in [9.17, 15) is 9.59 Å². The summed E-state index contributed by atoms with van der Waals surface area (Å²) in [5, 5.41) is 2.94. The highest BCUT2D eigenvalue weighted by atomic mass is 16.6. The lowest BCUT2D eigenvalue weighted by atomic mass is 9.96. The van der Waals surface area contributed by atoms with Gasteiger partial charge in [-0.25, -0.2) is 4.79 Å². The first-order valence-electron chi connectivity index (χ1n) is 8.00. The van der Waals surface area contributed by atoms with Gasteiger partial charge in [0.05, 0.1) is 0 Å². The summed E-state index contributed by atoms with van der Waals surface area (Å²) in [5.41, 5.74) is 0.488. The largest absolute Gasteiger partial charge is 0.444 e. The fourth-order valence-corrected chi connectivity index (χ4v) is 2.49. The molecule has 0 spiro atoms. The van der Waals surface area contributed by atoms with E-state index >= 15 is 0 Å². The van der Waals surface area contributed by atoms with E-state index < -0.39 is 5.60 Å². The molecule has 23 heavy (non-hydrogen) atoms. The monoisotopic (exact) mass is 319 g/mol. The fourth-order valence-electron chi connectivity index (χ4n) is 2.49. The van der Waals surface area contributed by atoms with Crippen LogP contribution in [0.1, 0.15) is 39.2 Å². The summed E-state index contributed by atoms with van der Waals surface area (Å²) in [6, 6.07) is 3.78. The number of hydrogen-bond acceptors (Lipinski definition) is 4. The van der Waals surface area contributed by atoms with Crippen LogP contribution in [0.5, 0.6) is 0 Å². The molecule has 1 aromatic rings. The van der Waals surface area contributed by atoms with Gasteiger partial charge < -0.3 is 15.0 Å². The van der Waals surface area contributed by atoms with Crippen molar-refractivity contribution < 1.29 is 14.3 Å². The number of likely N-dealkylation sites (tertiary alicyclic amines) is 1. The molecule has 0 radical (unpaired) electrons. The Kier molecular flexibility index (Phi) is 5.58. The lowest BCUT2D eigenvalue weighted by Crippen LogP contribution is -2.44. The maximum atomic E-state index is 12.2. The molecule has 0 atom stereocenters. The Balaban J connectivity index is 1.75. The zero-order valence-corrected chi connectivity index (χ0v) is 14.0. The summed E-state index contributed by atoms with van der Waals surface area (Å²) >= 11 is 0. The first-order valence-corrected chi connectivity index (χ1v) is 8.00. The molecule has 2 amide bonds. The third-order valence-corrected chi connectivity index (χ3v) is 3.71. The SMILES string of the molecule is CC(C)(C)OC(=O)N1CCC(C(=O)NCc2cccnc2)CC1. The van der Waals surface area contributed by atoms with Crippen molar-refractivity contribution in [1.29, 1.82) is 0 Å². The maximum absolute atomic E-state index is 12.2. The molecular formula is C17H25N3O3. The van der Waals surface area contributed by atoms with Crippen molar-refractivity contribution in [2.75, 3.05) is 13.1 Å². The van der Waals surface area contributed by atoms with Crippen LogP contribution < -0.4 is 5.32 Å². The van der Waals surface area contributed by atoms with Gasteiger partial charge in [-0.1, -0.05) is 6.07 Å². The van der Waals surface area contributed by atoms with E-state index in [1.807, 2.05) is 32.9 Å². The predicted octanol–water partition coefficient (Wildman–Crippen LogP) is 2.34. The molecule has 6 nitrogen and oxygen atoms in total. The highest BCUT2D eigenvalue weighted by Gasteiger charge is 2.29. The van der Waals surface area contributed by atoms with Gasteiger partial charge in [0.1, 0.15) is 5.60 Å². The topological polar surface area (TPSA) is 71.5 Å². The average Bonchev–Trinajstić information content (AvgIpc) is 2.52. The van der Waals surface area contributed by atoms with Crippen LogP contribution in [0.25, 0.3) is 0 Å². The van der Waals surface area contributed by atoms with Gasteiger partial charge in [-0.05, 0) is 45.2 Å². The van der Waals surface area contributed by atoms with Crippen LogP contribution in [0.2, 0.25) is 0 Å². The normalized spacial score (nSPS) is 16.0. The molecule has 1 aromatic heterocycles. The van der Waals surface area contributed by atoms with Crippen molar-refractivity contribution in [1.82, 2.24) is 15.2 Å². The summed E-state index contributed by atoms with van der Waals surface area (Å²) in [4.78, 5) is 29.9. The minimum Gasteiger partial charge on any atom is -0.444 e. The van der Waals surface area contributed by atoms with Crippen LogP contribution in [0.4, 0.5) is 4.79 Å². The Morgan fingerprint density at radius 1 is 1.35 bits per heavy atom. The molecule has 0 bridgehead atoms. The molecule has 0 aromatic carbocycles. The van der Waals surface area contributed by atoms with Crippen molar-refractivity contribution in [3.8, 4) is 0 Å². The second-order valence-corrected chi connectivity index (χ2v) is 6.82. The van der Waals surface area contributed by atoms with Crippen LogP contribution in [0.15, 0.2) is 24.5 Å². The summed E-state index contributed by atoms with van der Waals surface area (Å²) < 4.78 is 5.36. The van der Waals surface area contributed by atoms with Gasteiger partial charge in [-0.3, -0.25) is 9.78 Å². The van der Waals surface area contributed by atoms with Crippen LogP contribution in [-0.4, -0.2) is 40.6 Å². The molecule has 6 heteroatoms. The number of hydrogen-bond donors (Lipinski definition) is 1. The summed E-state index contributed by atoms with van der Waals surface area (Å²) in [6.45, 7) is 7.15. The molecule has 1 aliphatic heterocycles. The van der Waals surface area contributed by atoms with Crippen LogP contribution in [0, 0.1) is 5.92 Å². The molecule has 2 rings (SSSR count). The van der Waals surface area contributed by atoms with Crippen molar-refractivity contribution in [3.63, 3.8) is 0 Å². The lowest BCUT2D eigenvalue weighted by Gasteiger charge is -2.32. The van der Waals surface area contributed by atoms with E-state index in [0.717, 1.165) is 5.56 Å². The Morgan fingerprint density at radius 2 is 2.04 bits per heavy atom. The fraction of sp³-hybridized carbons (Fsp3) is 0.588. The van der Waals surface area contributed by atoms with Crippen molar-refractivity contribution in [2.45, 2.75) is 45.8 Å². The smallest absolute Gasteiger partial charge is 0.410 e. The summed E-state index contributed by atoms with van der Waals surface area (Å²) in [7, 11) is 0. The Hall–Kier alpha value is -2.11. The minimum atomic E-state index is -0.491. The van der Waals surface area contributed by atoms with E-state index in [0.29, 0.717) is 32.5 Å². The van der Waals surface area contributed by atoms with E-state index in [2.05, 4.69) is 10.3 Å². The van der Waals surface area contributed by atoms with Crippen LogP contribution >= 0.6 is 0 Å². The Bertz CT molecular complexity index is 532. The lowest BCUT2D eigenvalue weighted by molar-refractivity contribution is -0.126. The Morgan fingerprint density at radius 3 is 2.61 bits per heavy atom. The maximum Gasteiger partial charge on any atom is 0.410 e. The third kappa shape index (κ3) is 5.54. The molecule has 0 unspecified atom stereocenters. The summed E-state index contributed by atoms with van der Waals surface area (Å²) in [5.74, 6) is -0.0111. The zero-order valence-electron chi connectivity index (χ0n) is 14.0. The van der Waals surface area contributed by atoms with E-state index in [4.69, 9.17) is 4.74 Å². The highest BCUT2D eigenvalue weighted by Crippen LogP contribution is 2.20. The van der Waals surface area contributed by atoms with Gasteiger partial charge in [-0.2, -0.15) is 0 Å². The third-order valence-electron chi connectivity index (χ3n) is 3.71. The molecule has 0 aliphatic carbocycles. The van der Waals surface area contributed by atoms with Crippen LogP contribution in [0.3, 0.4) is 0 Å². The molecule has 1 aliphatic rings. The molecule has 0 saturated carbocycles. The van der Waals surface area contributed by atoms with Gasteiger partial charge >= 0.3 is 6.09 Å². The van der Waals surface area contributed by atoms with E-state index in [1.165, 1.54) is 0 Å². The molecule has 1 fully saturated rings. The number of pyridine rings is 1. The molecule has 2 heterocycles. The summed E-state index contributed by atoms with van der Waals surface area (Å²) in [6.07, 6.45) is 4.48. The van der Waals surface area contributed by atoms with Gasteiger partial charge in [0.15, 0.2) is 0 Å². The number of piperidine rings is 1. The number of amides is 2. The van der Waals surface area contributed by atoms with E-state index in [1.54, 1.807) is 17.3 Å². The molecule has 1 saturated heterocycles. The van der Waals surface area contributed by atoms with Crippen molar-refractivity contribution in [3.05, 3.63) is 30.1 Å². The van der Waals surface area contributed by atoms with Crippen LogP contribution in [-0.2, 0) is 16.1 Å². The number of ether oxygens (including phenoxy) is 1. The standard InChI is InChI=1S/C17H25N3O3/c1-17(2,3)23-16(22)20-9-6-14(7-10-20)15(21)19-12-13-5-4-8-18-11-13/h4-5,8,11,14H,6-7,9-10,12H2,1-3H3,(H,19,21). The number of nitrogens with one attached hydrogen (secondary N) is 1. The number of rotatable bonds is 3. The quantitative estimate of drug-likeness (QED) is 0.928. The van der Waals surface area contributed by atoms with Crippen molar-refractivity contribution >= 4 is 12.0 Å². The second-order valence-electron chi connectivity index (χ2n) is 6.82. The van der Waals surface area contributed by atoms with Gasteiger partial charge in [0, 0.05) is 37.9 Å². The van der Waals surface area contributed by atoms with Gasteiger partial charge in [0.2, 0.25) is 5.91 Å². The minimum absolute atomic E-state index is 0.0395. The Labute approximate surface area is 137 Å². The molecule has 126 valence electrons.